The van der Waals surface area contributed by atoms with E-state index in [2.05, 4.69) is 4.36 Å². The second-order valence-corrected chi connectivity index (χ2v) is 4.38. The van der Waals surface area contributed by atoms with Crippen LogP contribution in [0.2, 0.25) is 0 Å². The van der Waals surface area contributed by atoms with Crippen molar-refractivity contribution in [3.63, 3.8) is 0 Å². The fourth-order valence-electron chi connectivity index (χ4n) is 1.61. The van der Waals surface area contributed by atoms with Crippen molar-refractivity contribution in [1.82, 2.24) is 0 Å². The Morgan fingerprint density at radius 3 is 2.65 bits per heavy atom. The summed E-state index contributed by atoms with van der Waals surface area (Å²) in [6, 6.07) is 12.9. The van der Waals surface area contributed by atoms with E-state index in [-0.39, 0.29) is 11.3 Å². The summed E-state index contributed by atoms with van der Waals surface area (Å²) in [7, 11) is 0. The molecule has 0 heterocycles. The fourth-order valence-corrected chi connectivity index (χ4v) is 1.86. The summed E-state index contributed by atoms with van der Waals surface area (Å²) in [6.07, 6.45) is 0. The Morgan fingerprint density at radius 1 is 1.25 bits per heavy atom. The van der Waals surface area contributed by atoms with Crippen molar-refractivity contribution in [2.24, 2.45) is 4.36 Å². The van der Waals surface area contributed by atoms with Gasteiger partial charge in [-0.15, -0.1) is 0 Å². The largest absolute Gasteiger partial charge is 0.456 e. The second kappa shape index (κ2) is 6.68. The molecule has 20 heavy (non-hydrogen) atoms. The van der Waals surface area contributed by atoms with Crippen molar-refractivity contribution in [3.05, 3.63) is 59.4 Å². The van der Waals surface area contributed by atoms with Gasteiger partial charge in [-0.2, -0.15) is 5.26 Å². The Morgan fingerprint density at radius 2 is 2.00 bits per heavy atom. The first-order chi connectivity index (χ1) is 9.74. The third-order valence-electron chi connectivity index (χ3n) is 2.56. The van der Waals surface area contributed by atoms with E-state index in [4.69, 9.17) is 10.00 Å². The van der Waals surface area contributed by atoms with Crippen LogP contribution in [0, 0.1) is 17.1 Å². The van der Waals surface area contributed by atoms with Gasteiger partial charge in [0.1, 0.15) is 28.9 Å². The summed E-state index contributed by atoms with van der Waals surface area (Å²) in [6.45, 7) is 0.367. The molecule has 6 heteroatoms. The molecule has 0 spiro atoms. The zero-order valence-electron chi connectivity index (χ0n) is 10.3. The van der Waals surface area contributed by atoms with E-state index in [1.165, 1.54) is 18.2 Å². The Balaban J connectivity index is 2.21. The summed E-state index contributed by atoms with van der Waals surface area (Å²) in [5.74, 6) is 0.0447. The molecule has 0 fully saturated rings. The summed E-state index contributed by atoms with van der Waals surface area (Å²) >= 11 is -0.679. The van der Waals surface area contributed by atoms with Crippen molar-refractivity contribution in [2.45, 2.75) is 6.54 Å². The minimum Gasteiger partial charge on any atom is -0.456 e. The molecule has 2 aromatic rings. The molecule has 0 aliphatic heterocycles. The van der Waals surface area contributed by atoms with Gasteiger partial charge in [-0.25, -0.2) is 8.75 Å². The molecule has 0 saturated carbocycles. The molecular formula is C14H11FN2O2S. The van der Waals surface area contributed by atoms with E-state index < -0.39 is 17.3 Å². The van der Waals surface area contributed by atoms with Crippen LogP contribution in [0.4, 0.5) is 4.39 Å². The smallest absolute Gasteiger partial charge is 0.148 e. The van der Waals surface area contributed by atoms with Gasteiger partial charge in [0.15, 0.2) is 0 Å². The van der Waals surface area contributed by atoms with E-state index in [0.717, 1.165) is 5.56 Å². The highest BCUT2D eigenvalue weighted by atomic mass is 32.1. The number of nitriles is 1. The average molecular weight is 290 g/mol. The molecule has 0 saturated heterocycles. The Kier molecular flexibility index (Phi) is 4.69. The van der Waals surface area contributed by atoms with E-state index in [9.17, 15) is 8.60 Å². The third-order valence-corrected chi connectivity index (χ3v) is 2.85. The predicted molar refractivity (Wildman–Crippen MR) is 74.7 cm³/mol. The maximum Gasteiger partial charge on any atom is 0.148 e. The van der Waals surface area contributed by atoms with Crippen LogP contribution in [0.5, 0.6) is 11.5 Å². The SMILES string of the molecule is N#Cc1c(F)cccc1Oc1ccc(CN=[SH2]=O)cc1. The standard InChI is InChI=1S/C14H11FN2O2S/c15-13-2-1-3-14(12(13)8-16)19-11-6-4-10(5-7-11)9-17-20-18/h1-7H,9,20H2. The monoisotopic (exact) mass is 290 g/mol. The van der Waals surface area contributed by atoms with Gasteiger partial charge >= 0.3 is 0 Å². The molecule has 0 aliphatic rings. The zero-order valence-corrected chi connectivity index (χ0v) is 11.3. The van der Waals surface area contributed by atoms with Crippen LogP contribution >= 0.6 is 0 Å². The Labute approximate surface area is 118 Å². The van der Waals surface area contributed by atoms with Crippen LogP contribution in [0.1, 0.15) is 11.1 Å². The fraction of sp³-hybridized carbons (Fsp3) is 0.0714. The van der Waals surface area contributed by atoms with Crippen molar-refractivity contribution < 1.29 is 13.3 Å². The van der Waals surface area contributed by atoms with Crippen LogP contribution in [0.3, 0.4) is 0 Å². The van der Waals surface area contributed by atoms with Gasteiger partial charge in [-0.05, 0) is 29.8 Å². The molecule has 0 bridgehead atoms. The number of hydrogen-bond donors (Lipinski definition) is 0. The maximum atomic E-state index is 13.4. The molecule has 0 atom stereocenters. The van der Waals surface area contributed by atoms with Crippen LogP contribution in [-0.2, 0) is 18.0 Å². The number of hydrogen-bond acceptors (Lipinski definition) is 4. The molecule has 4 nitrogen and oxygen atoms in total. The molecule has 2 rings (SSSR count). The highest BCUT2D eigenvalue weighted by Gasteiger charge is 2.09. The Hall–Kier alpha value is -2.39. The lowest BCUT2D eigenvalue weighted by Crippen LogP contribution is -1.91. The van der Waals surface area contributed by atoms with E-state index >= 15 is 0 Å². The summed E-state index contributed by atoms with van der Waals surface area (Å²) in [5.41, 5.74) is 0.764. The first-order valence-electron chi connectivity index (χ1n) is 5.73. The van der Waals surface area contributed by atoms with Crippen LogP contribution < -0.4 is 4.74 Å². The minimum absolute atomic E-state index is 0.126. The third kappa shape index (κ3) is 3.33. The summed E-state index contributed by atoms with van der Waals surface area (Å²) in [4.78, 5) is 0. The molecule has 0 aliphatic carbocycles. The number of nitrogens with zero attached hydrogens (tertiary/aromatic N) is 2. The normalized spacial score (nSPS) is 10.4. The predicted octanol–water partition coefficient (Wildman–Crippen LogP) is 2.85. The van der Waals surface area contributed by atoms with E-state index in [1.54, 1.807) is 30.3 Å². The van der Waals surface area contributed by atoms with Crippen LogP contribution in [0.25, 0.3) is 0 Å². The number of benzene rings is 2. The molecule has 102 valence electrons. The zero-order chi connectivity index (χ0) is 14.4. The van der Waals surface area contributed by atoms with Gasteiger partial charge in [0.05, 0.1) is 6.54 Å². The summed E-state index contributed by atoms with van der Waals surface area (Å²) in [5, 5.41) is 8.91. The van der Waals surface area contributed by atoms with Gasteiger partial charge in [-0.1, -0.05) is 18.2 Å². The Bertz CT molecular complexity index is 704. The molecule has 0 unspecified atom stereocenters. The summed E-state index contributed by atoms with van der Waals surface area (Å²) < 4.78 is 32.9. The number of rotatable bonds is 4. The van der Waals surface area contributed by atoms with Crippen molar-refractivity contribution in [2.75, 3.05) is 0 Å². The lowest BCUT2D eigenvalue weighted by Gasteiger charge is -2.08. The van der Waals surface area contributed by atoms with Gasteiger partial charge in [0, 0.05) is 11.5 Å². The lowest BCUT2D eigenvalue weighted by atomic mass is 10.2. The van der Waals surface area contributed by atoms with Crippen LogP contribution in [-0.4, -0.2) is 4.21 Å². The van der Waals surface area contributed by atoms with Gasteiger partial charge < -0.3 is 4.74 Å². The molecule has 0 amide bonds. The van der Waals surface area contributed by atoms with E-state index in [1.807, 2.05) is 0 Å². The van der Waals surface area contributed by atoms with Crippen molar-refractivity contribution in [3.8, 4) is 17.6 Å². The number of ether oxygens (including phenoxy) is 1. The average Bonchev–Trinajstić information content (AvgIpc) is 2.47. The van der Waals surface area contributed by atoms with Crippen molar-refractivity contribution >= 4 is 11.5 Å². The topological polar surface area (TPSA) is 62.4 Å². The molecular weight excluding hydrogens is 279 g/mol. The quantitative estimate of drug-likeness (QED) is 0.869. The number of halogens is 1. The van der Waals surface area contributed by atoms with Crippen LogP contribution in [0.15, 0.2) is 46.8 Å². The second-order valence-electron chi connectivity index (χ2n) is 3.88. The molecule has 0 radical (unpaired) electrons. The van der Waals surface area contributed by atoms with Gasteiger partial charge in [-0.3, -0.25) is 4.21 Å². The minimum atomic E-state index is -0.679. The highest BCUT2D eigenvalue weighted by Crippen LogP contribution is 2.26. The maximum absolute atomic E-state index is 13.4. The lowest BCUT2D eigenvalue weighted by molar-refractivity contribution is 0.474. The van der Waals surface area contributed by atoms with Gasteiger partial charge in [0.25, 0.3) is 0 Å². The van der Waals surface area contributed by atoms with Gasteiger partial charge in [0.2, 0.25) is 0 Å². The molecule has 0 N–H and O–H groups in total. The first kappa shape index (κ1) is 14.0. The molecule has 0 aromatic heterocycles. The van der Waals surface area contributed by atoms with Crippen molar-refractivity contribution in [1.29, 1.82) is 5.26 Å². The van der Waals surface area contributed by atoms with E-state index in [0.29, 0.717) is 12.3 Å². The molecule has 2 aromatic carbocycles. The highest BCUT2D eigenvalue weighted by molar-refractivity contribution is 7.54. The first-order valence-corrected chi connectivity index (χ1v) is 6.59.